The molecule has 0 aliphatic rings. The molecule has 2 aromatic carbocycles. The van der Waals surface area contributed by atoms with E-state index in [-0.39, 0.29) is 0 Å². The Kier molecular flexibility index (Phi) is 7.54. The van der Waals surface area contributed by atoms with E-state index < -0.39 is 33.4 Å². The van der Waals surface area contributed by atoms with Crippen molar-refractivity contribution in [2.24, 2.45) is 0 Å². The molecule has 0 aromatic heterocycles. The molecule has 0 aliphatic heterocycles. The minimum atomic E-state index is -7.43. The van der Waals surface area contributed by atoms with Gasteiger partial charge in [-0.1, -0.05) is 30.3 Å². The van der Waals surface area contributed by atoms with Crippen LogP contribution in [0.5, 0.6) is 0 Å². The van der Waals surface area contributed by atoms with Crippen LogP contribution in [0.2, 0.25) is 0 Å². The molecule has 30 heavy (non-hydrogen) atoms. The van der Waals surface area contributed by atoms with Crippen molar-refractivity contribution in [3.05, 3.63) is 54.6 Å². The fourth-order valence-corrected chi connectivity index (χ4v) is 2.42. The van der Waals surface area contributed by atoms with Crippen molar-refractivity contribution in [2.45, 2.75) is 28.2 Å². The van der Waals surface area contributed by atoms with E-state index in [4.69, 9.17) is 0 Å². The summed E-state index contributed by atoms with van der Waals surface area (Å²) in [5, 5.41) is -7.11. The summed E-state index contributed by atoms with van der Waals surface area (Å²) in [4.78, 5) is 1.11. The van der Waals surface area contributed by atoms with Crippen LogP contribution in [-0.2, 0) is 22.7 Å². The molecule has 0 saturated heterocycles. The van der Waals surface area contributed by atoms with Crippen molar-refractivity contribution in [1.29, 1.82) is 0 Å². The number of halogens is 9. The first-order valence-electron chi connectivity index (χ1n) is 7.39. The number of hydrogen-bond donors (Lipinski definition) is 0. The third-order valence-corrected chi connectivity index (χ3v) is 4.64. The highest BCUT2D eigenvalue weighted by molar-refractivity contribution is 7.86. The summed E-state index contributed by atoms with van der Waals surface area (Å²) in [5.74, 6) is -14.8. The van der Waals surface area contributed by atoms with E-state index in [9.17, 15) is 52.5 Å². The zero-order valence-corrected chi connectivity index (χ0v) is 16.0. The number of rotatable bonds is 4. The molecule has 0 bridgehead atoms. The molecule has 0 heterocycles. The SMILES string of the molecule is O=S(=O)([O-])C(F)(F)C(F)(F)C(F)(F)C(F)(F)F.[SH2+]c1ccc(-c2ccccc2)cc1. The summed E-state index contributed by atoms with van der Waals surface area (Å²) in [7, 11) is -7.42. The van der Waals surface area contributed by atoms with Crippen LogP contribution < -0.4 is 0 Å². The zero-order valence-electron chi connectivity index (χ0n) is 14.2. The summed E-state index contributed by atoms with van der Waals surface area (Å²) < 4.78 is 135. The zero-order chi connectivity index (χ0) is 23.6. The standard InChI is InChI=1S/C12H10S.C4HF9O3S/c13-12-8-6-11(7-9-12)10-4-2-1-3-5-10;5-1(6,3(9,10)11)2(7,8)4(12,13)17(14,15)16/h1-9,13H;(H,14,15,16). The van der Waals surface area contributed by atoms with Gasteiger partial charge in [0.15, 0.2) is 10.1 Å². The Labute approximate surface area is 169 Å². The predicted octanol–water partition coefficient (Wildman–Crippen LogP) is 4.68. The molecular weight excluding hydrogens is 475 g/mol. The summed E-state index contributed by atoms with van der Waals surface area (Å²) in [6, 6.07) is 18.7. The van der Waals surface area contributed by atoms with E-state index in [1.807, 2.05) is 6.07 Å². The molecule has 0 radical (unpaired) electrons. The average Bonchev–Trinajstić information content (AvgIpc) is 2.61. The van der Waals surface area contributed by atoms with Gasteiger partial charge >= 0.3 is 23.3 Å². The second-order valence-corrected chi connectivity index (χ2v) is 7.56. The average molecular weight is 486 g/mol. The van der Waals surface area contributed by atoms with Crippen molar-refractivity contribution in [1.82, 2.24) is 0 Å². The third kappa shape index (κ3) is 5.21. The smallest absolute Gasteiger partial charge is 0.460 e. The summed E-state index contributed by atoms with van der Waals surface area (Å²) in [6.45, 7) is 0. The lowest BCUT2D eigenvalue weighted by atomic mass is 10.1. The fraction of sp³-hybridized carbons (Fsp3) is 0.250. The van der Waals surface area contributed by atoms with Crippen molar-refractivity contribution in [2.75, 3.05) is 0 Å². The lowest BCUT2D eigenvalue weighted by Crippen LogP contribution is -2.63. The van der Waals surface area contributed by atoms with Crippen LogP contribution in [0.4, 0.5) is 39.5 Å². The van der Waals surface area contributed by atoms with Crippen LogP contribution in [0.25, 0.3) is 11.1 Å². The molecule has 2 rings (SSSR count). The van der Waals surface area contributed by atoms with Gasteiger partial charge in [-0.3, -0.25) is 0 Å². The molecule has 0 fully saturated rings. The van der Waals surface area contributed by atoms with Crippen molar-refractivity contribution < 1.29 is 52.5 Å². The maximum Gasteiger partial charge on any atom is 0.460 e. The van der Waals surface area contributed by atoms with Crippen LogP contribution in [0, 0.1) is 0 Å². The molecule has 0 aliphatic carbocycles. The highest BCUT2D eigenvalue weighted by Gasteiger charge is 2.83. The number of benzene rings is 2. The van der Waals surface area contributed by atoms with Crippen LogP contribution in [0.1, 0.15) is 0 Å². The highest BCUT2D eigenvalue weighted by atomic mass is 32.2. The van der Waals surface area contributed by atoms with Gasteiger partial charge in [0, 0.05) is 0 Å². The normalized spacial score (nSPS) is 13.4. The molecule has 0 N–H and O–H groups in total. The lowest BCUT2D eigenvalue weighted by Gasteiger charge is -2.34. The maximum absolute atomic E-state index is 12.2. The van der Waals surface area contributed by atoms with Gasteiger partial charge in [-0.05, 0) is 48.0 Å². The maximum atomic E-state index is 12.2. The van der Waals surface area contributed by atoms with E-state index in [1.54, 1.807) is 0 Å². The second-order valence-electron chi connectivity index (χ2n) is 5.56. The topological polar surface area (TPSA) is 57.2 Å². The van der Waals surface area contributed by atoms with Crippen molar-refractivity contribution in [3.8, 4) is 11.1 Å². The van der Waals surface area contributed by atoms with Gasteiger partial charge in [0.1, 0.15) is 4.90 Å². The molecule has 2 aromatic rings. The fourth-order valence-electron chi connectivity index (χ4n) is 1.81. The predicted molar refractivity (Wildman–Crippen MR) is 90.9 cm³/mol. The van der Waals surface area contributed by atoms with Crippen LogP contribution in [-0.4, -0.2) is 36.2 Å². The van der Waals surface area contributed by atoms with Crippen molar-refractivity contribution >= 4 is 22.7 Å². The van der Waals surface area contributed by atoms with Crippen LogP contribution in [0.3, 0.4) is 0 Å². The van der Waals surface area contributed by atoms with Gasteiger partial charge < -0.3 is 4.55 Å². The van der Waals surface area contributed by atoms with E-state index in [0.29, 0.717) is 0 Å². The Balaban J connectivity index is 0.000000308. The van der Waals surface area contributed by atoms with Gasteiger partial charge in [-0.25, -0.2) is 8.42 Å². The Hall–Kier alpha value is -1.93. The molecule has 0 unspecified atom stereocenters. The van der Waals surface area contributed by atoms with Crippen LogP contribution >= 0.6 is 0 Å². The number of alkyl halides is 9. The van der Waals surface area contributed by atoms with E-state index >= 15 is 0 Å². The Morgan fingerprint density at radius 1 is 0.667 bits per heavy atom. The minimum Gasteiger partial charge on any atom is -0.743 e. The Bertz CT molecular complexity index is 942. The van der Waals surface area contributed by atoms with Gasteiger partial charge in [-0.15, -0.1) is 0 Å². The second kappa shape index (κ2) is 8.67. The summed E-state index contributed by atoms with van der Waals surface area (Å²) >= 11 is 3.47. The highest BCUT2D eigenvalue weighted by Crippen LogP contribution is 2.54. The van der Waals surface area contributed by atoms with Gasteiger partial charge in [0.2, 0.25) is 0 Å². The lowest BCUT2D eigenvalue weighted by molar-refractivity contribution is -0.382. The first-order valence-corrected chi connectivity index (χ1v) is 9.30. The quantitative estimate of drug-likeness (QED) is 0.358. The van der Waals surface area contributed by atoms with E-state index in [1.165, 1.54) is 11.1 Å². The first-order chi connectivity index (χ1) is 13.4. The monoisotopic (exact) mass is 486 g/mol. The molecular formula is C16H11F9O3S2. The van der Waals surface area contributed by atoms with Gasteiger partial charge in [0.05, 0.1) is 0 Å². The molecule has 0 amide bonds. The van der Waals surface area contributed by atoms with Gasteiger partial charge in [0.25, 0.3) is 0 Å². The molecule has 14 heteroatoms. The molecule has 3 nitrogen and oxygen atoms in total. The largest absolute Gasteiger partial charge is 0.743 e. The van der Waals surface area contributed by atoms with E-state index in [0.717, 1.165) is 4.90 Å². The summed E-state index contributed by atoms with van der Waals surface area (Å²) in [6.07, 6.45) is -7.16. The third-order valence-electron chi connectivity index (χ3n) is 3.42. The molecule has 0 saturated carbocycles. The van der Waals surface area contributed by atoms with E-state index in [2.05, 4.69) is 61.2 Å². The minimum absolute atomic E-state index is 1.11. The van der Waals surface area contributed by atoms with Gasteiger partial charge in [-0.2, -0.15) is 39.5 Å². The Morgan fingerprint density at radius 3 is 1.43 bits per heavy atom. The molecule has 168 valence electrons. The number of hydrogen-bond acceptors (Lipinski definition) is 3. The Morgan fingerprint density at radius 2 is 1.07 bits per heavy atom. The molecule has 0 atom stereocenters. The summed E-state index contributed by atoms with van der Waals surface area (Å²) in [5.41, 5.74) is 2.51. The first kappa shape index (κ1) is 26.1. The van der Waals surface area contributed by atoms with Crippen LogP contribution in [0.15, 0.2) is 59.5 Å². The van der Waals surface area contributed by atoms with Crippen molar-refractivity contribution in [3.63, 3.8) is 0 Å². The molecule has 0 spiro atoms.